The molecule has 1 unspecified atom stereocenters. The van der Waals surface area contributed by atoms with E-state index in [0.717, 1.165) is 5.56 Å². The summed E-state index contributed by atoms with van der Waals surface area (Å²) in [6.45, 7) is -0.0543. The van der Waals surface area contributed by atoms with Crippen molar-refractivity contribution in [3.8, 4) is 5.75 Å². The lowest BCUT2D eigenvalue weighted by Crippen LogP contribution is -2.05. The summed E-state index contributed by atoms with van der Waals surface area (Å²) in [5.74, 6) is 0.214. The second-order valence-electron chi connectivity index (χ2n) is 2.50. The van der Waals surface area contributed by atoms with Crippen LogP contribution in [0.1, 0.15) is 11.7 Å². The van der Waals surface area contributed by atoms with Gasteiger partial charge in [0, 0.05) is 7.11 Å². The average molecular weight is 168 g/mol. The number of rotatable bonds is 3. The van der Waals surface area contributed by atoms with Crippen LogP contribution in [0, 0.1) is 0 Å². The van der Waals surface area contributed by atoms with Gasteiger partial charge in [-0.3, -0.25) is 0 Å². The molecule has 1 atom stereocenters. The second kappa shape index (κ2) is 4.09. The van der Waals surface area contributed by atoms with Gasteiger partial charge in [-0.15, -0.1) is 0 Å². The van der Waals surface area contributed by atoms with E-state index < -0.39 is 0 Å². The van der Waals surface area contributed by atoms with Crippen LogP contribution in [0.4, 0.5) is 0 Å². The van der Waals surface area contributed by atoms with E-state index in [-0.39, 0.29) is 18.5 Å². The first-order valence-corrected chi connectivity index (χ1v) is 3.70. The number of aliphatic hydroxyl groups excluding tert-OH is 1. The zero-order chi connectivity index (χ0) is 8.97. The van der Waals surface area contributed by atoms with Gasteiger partial charge in [-0.1, -0.05) is 12.1 Å². The quantitative estimate of drug-likeness (QED) is 0.709. The lowest BCUT2D eigenvalue weighted by atomic mass is 10.1. The van der Waals surface area contributed by atoms with Gasteiger partial charge >= 0.3 is 0 Å². The first-order valence-electron chi connectivity index (χ1n) is 3.70. The SMILES string of the molecule is COC(CO)c1ccc(O)cc1. The minimum atomic E-state index is -0.300. The third kappa shape index (κ3) is 1.96. The van der Waals surface area contributed by atoms with Crippen molar-refractivity contribution in [1.82, 2.24) is 0 Å². The highest BCUT2D eigenvalue weighted by Gasteiger charge is 2.07. The molecule has 66 valence electrons. The van der Waals surface area contributed by atoms with Crippen LogP contribution in [-0.4, -0.2) is 23.9 Å². The summed E-state index contributed by atoms with van der Waals surface area (Å²) < 4.78 is 4.99. The lowest BCUT2D eigenvalue weighted by Gasteiger charge is -2.11. The fourth-order valence-corrected chi connectivity index (χ4v) is 1.00. The van der Waals surface area contributed by atoms with Crippen molar-refractivity contribution in [1.29, 1.82) is 0 Å². The number of phenols is 1. The molecule has 0 aromatic heterocycles. The highest BCUT2D eigenvalue weighted by Crippen LogP contribution is 2.18. The molecule has 0 heterocycles. The fourth-order valence-electron chi connectivity index (χ4n) is 1.00. The molecule has 3 heteroatoms. The molecule has 12 heavy (non-hydrogen) atoms. The largest absolute Gasteiger partial charge is 0.508 e. The third-order valence-corrected chi connectivity index (χ3v) is 1.72. The van der Waals surface area contributed by atoms with E-state index in [2.05, 4.69) is 0 Å². The van der Waals surface area contributed by atoms with Crippen LogP contribution in [0.3, 0.4) is 0 Å². The van der Waals surface area contributed by atoms with Crippen molar-refractivity contribution < 1.29 is 14.9 Å². The minimum absolute atomic E-state index is 0.0543. The summed E-state index contributed by atoms with van der Waals surface area (Å²) >= 11 is 0. The molecule has 0 aliphatic rings. The van der Waals surface area contributed by atoms with E-state index in [4.69, 9.17) is 14.9 Å². The first kappa shape index (κ1) is 9.03. The second-order valence-corrected chi connectivity index (χ2v) is 2.50. The number of aliphatic hydroxyl groups is 1. The van der Waals surface area contributed by atoms with E-state index in [0.29, 0.717) is 0 Å². The summed E-state index contributed by atoms with van der Waals surface area (Å²) in [7, 11) is 1.54. The number of ether oxygens (including phenoxy) is 1. The predicted octanol–water partition coefficient (Wildman–Crippen LogP) is 1.07. The molecule has 2 N–H and O–H groups in total. The van der Waals surface area contributed by atoms with Crippen LogP contribution in [-0.2, 0) is 4.74 Å². The summed E-state index contributed by atoms with van der Waals surface area (Å²) in [6, 6.07) is 6.58. The van der Waals surface area contributed by atoms with Crippen LogP contribution < -0.4 is 0 Å². The van der Waals surface area contributed by atoms with Gasteiger partial charge in [-0.25, -0.2) is 0 Å². The number of hydrogen-bond donors (Lipinski definition) is 2. The number of benzene rings is 1. The standard InChI is InChI=1S/C9H12O3/c1-12-9(6-10)7-2-4-8(11)5-3-7/h2-5,9-11H,6H2,1H3. The van der Waals surface area contributed by atoms with E-state index in [1.807, 2.05) is 0 Å². The maximum absolute atomic E-state index is 8.98. The molecule has 1 rings (SSSR count). The molecular formula is C9H12O3. The number of phenolic OH excluding ortho intramolecular Hbond substituents is 1. The topological polar surface area (TPSA) is 49.7 Å². The van der Waals surface area contributed by atoms with E-state index >= 15 is 0 Å². The third-order valence-electron chi connectivity index (χ3n) is 1.72. The smallest absolute Gasteiger partial charge is 0.115 e. The van der Waals surface area contributed by atoms with Crippen molar-refractivity contribution >= 4 is 0 Å². The average Bonchev–Trinajstić information content (AvgIpc) is 2.10. The van der Waals surface area contributed by atoms with Gasteiger partial charge in [0.1, 0.15) is 11.9 Å². The summed E-state index contributed by atoms with van der Waals surface area (Å²) in [5, 5.41) is 17.8. The summed E-state index contributed by atoms with van der Waals surface area (Å²) in [5.41, 5.74) is 0.859. The molecule has 1 aromatic carbocycles. The summed E-state index contributed by atoms with van der Waals surface area (Å²) in [4.78, 5) is 0. The maximum Gasteiger partial charge on any atom is 0.115 e. The Morgan fingerprint density at radius 1 is 1.33 bits per heavy atom. The van der Waals surface area contributed by atoms with E-state index in [1.54, 1.807) is 24.3 Å². The van der Waals surface area contributed by atoms with Gasteiger partial charge < -0.3 is 14.9 Å². The molecule has 1 aromatic rings. The van der Waals surface area contributed by atoms with Gasteiger partial charge in [-0.05, 0) is 17.7 Å². The molecule has 0 bridgehead atoms. The van der Waals surface area contributed by atoms with Gasteiger partial charge in [0.05, 0.1) is 6.61 Å². The monoisotopic (exact) mass is 168 g/mol. The first-order chi connectivity index (χ1) is 5.77. The van der Waals surface area contributed by atoms with Crippen molar-refractivity contribution in [2.75, 3.05) is 13.7 Å². The van der Waals surface area contributed by atoms with Gasteiger partial charge in [-0.2, -0.15) is 0 Å². The van der Waals surface area contributed by atoms with E-state index in [9.17, 15) is 0 Å². The Bertz CT molecular complexity index is 226. The molecule has 0 radical (unpaired) electrons. The highest BCUT2D eigenvalue weighted by molar-refractivity contribution is 5.27. The van der Waals surface area contributed by atoms with Gasteiger partial charge in [0.15, 0.2) is 0 Å². The zero-order valence-electron chi connectivity index (χ0n) is 6.90. The highest BCUT2D eigenvalue weighted by atomic mass is 16.5. The Morgan fingerprint density at radius 3 is 2.33 bits per heavy atom. The molecule has 0 saturated carbocycles. The number of methoxy groups -OCH3 is 1. The molecule has 3 nitrogen and oxygen atoms in total. The van der Waals surface area contributed by atoms with Crippen LogP contribution >= 0.6 is 0 Å². The van der Waals surface area contributed by atoms with Crippen molar-refractivity contribution in [3.63, 3.8) is 0 Å². The Hall–Kier alpha value is -1.06. The molecule has 0 amide bonds. The molecule has 0 spiro atoms. The van der Waals surface area contributed by atoms with Crippen LogP contribution in [0.5, 0.6) is 5.75 Å². The van der Waals surface area contributed by atoms with E-state index in [1.165, 1.54) is 7.11 Å². The number of hydrogen-bond acceptors (Lipinski definition) is 3. The Labute approximate surface area is 71.2 Å². The zero-order valence-corrected chi connectivity index (χ0v) is 6.90. The lowest BCUT2D eigenvalue weighted by molar-refractivity contribution is 0.0484. The van der Waals surface area contributed by atoms with Crippen LogP contribution in [0.25, 0.3) is 0 Å². The van der Waals surface area contributed by atoms with Crippen LogP contribution in [0.15, 0.2) is 24.3 Å². The minimum Gasteiger partial charge on any atom is -0.508 e. The number of aromatic hydroxyl groups is 1. The molecule has 0 fully saturated rings. The fraction of sp³-hybridized carbons (Fsp3) is 0.333. The molecular weight excluding hydrogens is 156 g/mol. The van der Waals surface area contributed by atoms with Crippen LogP contribution in [0.2, 0.25) is 0 Å². The molecule has 0 saturated heterocycles. The Morgan fingerprint density at radius 2 is 1.92 bits per heavy atom. The predicted molar refractivity (Wildman–Crippen MR) is 44.9 cm³/mol. The molecule has 0 aliphatic heterocycles. The normalized spacial score (nSPS) is 12.8. The van der Waals surface area contributed by atoms with Gasteiger partial charge in [0.25, 0.3) is 0 Å². The van der Waals surface area contributed by atoms with Gasteiger partial charge in [0.2, 0.25) is 0 Å². The van der Waals surface area contributed by atoms with Crippen molar-refractivity contribution in [2.24, 2.45) is 0 Å². The Kier molecular flexibility index (Phi) is 3.08. The van der Waals surface area contributed by atoms with Crippen molar-refractivity contribution in [2.45, 2.75) is 6.10 Å². The maximum atomic E-state index is 8.98. The molecule has 0 aliphatic carbocycles. The van der Waals surface area contributed by atoms with Crippen molar-refractivity contribution in [3.05, 3.63) is 29.8 Å². The summed E-state index contributed by atoms with van der Waals surface area (Å²) in [6.07, 6.45) is -0.300. The Balaban J connectivity index is 2.80.